The Morgan fingerprint density at radius 3 is 3.04 bits per heavy atom. The first kappa shape index (κ1) is 15.0. The molecule has 1 aliphatic heterocycles. The highest BCUT2D eigenvalue weighted by atomic mass is 16.5. The molecule has 24 heavy (non-hydrogen) atoms. The highest BCUT2D eigenvalue weighted by Gasteiger charge is 2.25. The molecule has 1 N–H and O–H groups in total. The van der Waals surface area contributed by atoms with E-state index in [2.05, 4.69) is 27.0 Å². The lowest BCUT2D eigenvalue weighted by Gasteiger charge is -2.34. The number of ether oxygens (including phenoxy) is 1. The van der Waals surface area contributed by atoms with E-state index in [-0.39, 0.29) is 0 Å². The minimum atomic E-state index is 0.447. The molecule has 5 nitrogen and oxygen atoms in total. The van der Waals surface area contributed by atoms with Gasteiger partial charge in [-0.05, 0) is 31.9 Å². The van der Waals surface area contributed by atoms with E-state index < -0.39 is 0 Å². The molecule has 3 heterocycles. The quantitative estimate of drug-likeness (QED) is 0.799. The van der Waals surface area contributed by atoms with Gasteiger partial charge in [0.05, 0.1) is 7.11 Å². The van der Waals surface area contributed by atoms with Gasteiger partial charge < -0.3 is 14.6 Å². The monoisotopic (exact) mass is 322 g/mol. The van der Waals surface area contributed by atoms with E-state index in [1.807, 2.05) is 31.5 Å². The Balaban J connectivity index is 1.75. The predicted molar refractivity (Wildman–Crippen MR) is 95.8 cm³/mol. The van der Waals surface area contributed by atoms with Crippen LogP contribution in [-0.2, 0) is 0 Å². The number of benzene rings is 1. The molecule has 1 unspecified atom stereocenters. The second kappa shape index (κ2) is 6.15. The normalized spacial score (nSPS) is 18.1. The van der Waals surface area contributed by atoms with Gasteiger partial charge in [0.1, 0.15) is 17.1 Å². The number of imidazole rings is 1. The number of hydrogen-bond donors (Lipinski definition) is 1. The van der Waals surface area contributed by atoms with E-state index in [1.54, 1.807) is 7.11 Å². The average molecular weight is 322 g/mol. The molecule has 0 spiro atoms. The summed E-state index contributed by atoms with van der Waals surface area (Å²) in [6, 6.07) is 8.33. The number of piperidine rings is 1. The summed E-state index contributed by atoms with van der Waals surface area (Å²) in [5, 5.41) is 1.15. The number of aryl methyl sites for hydroxylation is 1. The van der Waals surface area contributed by atoms with E-state index in [4.69, 9.17) is 9.72 Å². The van der Waals surface area contributed by atoms with Crippen LogP contribution in [0.25, 0.3) is 10.9 Å². The Kier molecular flexibility index (Phi) is 3.84. The maximum absolute atomic E-state index is 5.51. The summed E-state index contributed by atoms with van der Waals surface area (Å²) in [6.07, 6.45) is 6.09. The Hall–Kier alpha value is -2.56. The molecular weight excluding hydrogens is 300 g/mol. The first-order valence-electron chi connectivity index (χ1n) is 8.45. The molecule has 0 amide bonds. The zero-order valence-electron chi connectivity index (χ0n) is 14.1. The Morgan fingerprint density at radius 1 is 1.33 bits per heavy atom. The van der Waals surface area contributed by atoms with Crippen LogP contribution in [-0.4, -0.2) is 35.2 Å². The molecule has 0 bridgehead atoms. The largest absolute Gasteiger partial charge is 0.494 e. The molecule has 1 saturated heterocycles. The van der Waals surface area contributed by atoms with Crippen molar-refractivity contribution >= 4 is 16.6 Å². The number of fused-ring (bicyclic) bond motifs is 1. The van der Waals surface area contributed by atoms with E-state index >= 15 is 0 Å². The topological polar surface area (TPSA) is 54.0 Å². The molecule has 0 aliphatic carbocycles. The molecule has 0 radical (unpaired) electrons. The summed E-state index contributed by atoms with van der Waals surface area (Å²) < 4.78 is 5.51. The zero-order chi connectivity index (χ0) is 16.5. The molecule has 1 aliphatic rings. The van der Waals surface area contributed by atoms with Gasteiger partial charge in [-0.15, -0.1) is 0 Å². The summed E-state index contributed by atoms with van der Waals surface area (Å²) in [5.41, 5.74) is 3.20. The highest BCUT2D eigenvalue weighted by Crippen LogP contribution is 2.35. The fraction of sp³-hybridized carbons (Fsp3) is 0.368. The summed E-state index contributed by atoms with van der Waals surface area (Å²) in [6.45, 7) is 4.08. The van der Waals surface area contributed by atoms with Gasteiger partial charge in [0.15, 0.2) is 0 Å². The molecule has 1 fully saturated rings. The van der Waals surface area contributed by atoms with Crippen LogP contribution >= 0.6 is 0 Å². The number of anilines is 1. The van der Waals surface area contributed by atoms with Crippen molar-refractivity contribution < 1.29 is 4.74 Å². The summed E-state index contributed by atoms with van der Waals surface area (Å²) >= 11 is 0. The van der Waals surface area contributed by atoms with Gasteiger partial charge in [-0.3, -0.25) is 0 Å². The predicted octanol–water partition coefficient (Wildman–Crippen LogP) is 3.66. The molecule has 0 saturated carbocycles. The number of aromatic nitrogens is 3. The highest BCUT2D eigenvalue weighted by molar-refractivity contribution is 5.95. The van der Waals surface area contributed by atoms with E-state index in [9.17, 15) is 0 Å². The lowest BCUT2D eigenvalue weighted by Crippen LogP contribution is -2.35. The van der Waals surface area contributed by atoms with Crippen LogP contribution in [0.15, 0.2) is 36.7 Å². The van der Waals surface area contributed by atoms with Gasteiger partial charge in [0.25, 0.3) is 0 Å². The number of methoxy groups -OCH3 is 1. The van der Waals surface area contributed by atoms with Crippen LogP contribution in [0.1, 0.15) is 30.3 Å². The number of nitrogens with zero attached hydrogens (tertiary/aromatic N) is 3. The number of hydrogen-bond acceptors (Lipinski definition) is 4. The number of nitrogens with one attached hydrogen (secondary N) is 1. The number of para-hydroxylation sites is 1. The van der Waals surface area contributed by atoms with Crippen molar-refractivity contribution in [1.82, 2.24) is 15.0 Å². The second-order valence-corrected chi connectivity index (χ2v) is 6.40. The number of rotatable bonds is 3. The zero-order valence-corrected chi connectivity index (χ0v) is 14.1. The summed E-state index contributed by atoms with van der Waals surface area (Å²) in [5.74, 6) is 2.37. The van der Waals surface area contributed by atoms with Crippen LogP contribution in [0.3, 0.4) is 0 Å². The molecule has 124 valence electrons. The number of H-pyrrole nitrogens is 1. The third kappa shape index (κ3) is 2.60. The third-order valence-corrected chi connectivity index (χ3v) is 4.80. The Morgan fingerprint density at radius 2 is 2.25 bits per heavy atom. The van der Waals surface area contributed by atoms with Crippen LogP contribution in [0.2, 0.25) is 0 Å². The molecule has 4 rings (SSSR count). The maximum atomic E-state index is 5.51. The first-order valence-corrected chi connectivity index (χ1v) is 8.45. The van der Waals surface area contributed by atoms with Gasteiger partial charge in [-0.2, -0.15) is 0 Å². The van der Waals surface area contributed by atoms with Crippen LogP contribution < -0.4 is 9.64 Å². The minimum absolute atomic E-state index is 0.447. The van der Waals surface area contributed by atoms with Gasteiger partial charge in [0, 0.05) is 48.2 Å². The van der Waals surface area contributed by atoms with Crippen molar-refractivity contribution in [1.29, 1.82) is 0 Å². The lowest BCUT2D eigenvalue weighted by molar-refractivity contribution is 0.419. The van der Waals surface area contributed by atoms with Gasteiger partial charge in [0.2, 0.25) is 0 Å². The molecule has 1 aromatic carbocycles. The number of pyridine rings is 1. The van der Waals surface area contributed by atoms with Crippen LogP contribution in [0.4, 0.5) is 5.69 Å². The Bertz CT molecular complexity index is 844. The van der Waals surface area contributed by atoms with Crippen molar-refractivity contribution in [2.45, 2.75) is 25.7 Å². The first-order chi connectivity index (χ1) is 11.8. The van der Waals surface area contributed by atoms with Crippen LogP contribution in [0, 0.1) is 6.92 Å². The minimum Gasteiger partial charge on any atom is -0.494 e. The fourth-order valence-electron chi connectivity index (χ4n) is 3.67. The van der Waals surface area contributed by atoms with Crippen LogP contribution in [0.5, 0.6) is 5.75 Å². The lowest BCUT2D eigenvalue weighted by atomic mass is 9.96. The second-order valence-electron chi connectivity index (χ2n) is 6.40. The molecular formula is C19H22N4O. The van der Waals surface area contributed by atoms with Gasteiger partial charge >= 0.3 is 0 Å². The summed E-state index contributed by atoms with van der Waals surface area (Å²) in [7, 11) is 1.70. The van der Waals surface area contributed by atoms with E-state index in [0.717, 1.165) is 47.7 Å². The van der Waals surface area contributed by atoms with Gasteiger partial charge in [-0.1, -0.05) is 12.1 Å². The number of aromatic amines is 1. The standard InChI is InChI=1S/C19H22N4O/c1-13-11-16(15-6-3-7-17(24-2)18(15)22-13)23-10-4-5-14(12-23)19-20-8-9-21-19/h3,6-9,11,14H,4-5,10,12H2,1-2H3,(H,20,21). The van der Waals surface area contributed by atoms with Crippen molar-refractivity contribution in [2.24, 2.45) is 0 Å². The third-order valence-electron chi connectivity index (χ3n) is 4.80. The summed E-state index contributed by atoms with van der Waals surface area (Å²) in [4.78, 5) is 14.9. The maximum Gasteiger partial charge on any atom is 0.145 e. The van der Waals surface area contributed by atoms with Crippen molar-refractivity contribution in [3.8, 4) is 5.75 Å². The van der Waals surface area contributed by atoms with Crippen molar-refractivity contribution in [3.05, 3.63) is 48.2 Å². The van der Waals surface area contributed by atoms with E-state index in [1.165, 1.54) is 12.1 Å². The molecule has 2 aromatic heterocycles. The average Bonchev–Trinajstić information content (AvgIpc) is 3.15. The smallest absolute Gasteiger partial charge is 0.145 e. The van der Waals surface area contributed by atoms with E-state index in [0.29, 0.717) is 5.92 Å². The molecule has 5 heteroatoms. The fourth-order valence-corrected chi connectivity index (χ4v) is 3.67. The molecule has 3 aromatic rings. The van der Waals surface area contributed by atoms with Crippen molar-refractivity contribution in [2.75, 3.05) is 25.1 Å². The molecule has 1 atom stereocenters. The SMILES string of the molecule is COc1cccc2c(N3CCCC(c4ncc[nH]4)C3)cc(C)nc12. The Labute approximate surface area is 141 Å². The van der Waals surface area contributed by atoms with Gasteiger partial charge in [-0.25, -0.2) is 9.97 Å². The van der Waals surface area contributed by atoms with Crippen molar-refractivity contribution in [3.63, 3.8) is 0 Å².